The Bertz CT molecular complexity index is 790. The van der Waals surface area contributed by atoms with Crippen LogP contribution in [0.4, 0.5) is 11.4 Å². The van der Waals surface area contributed by atoms with Gasteiger partial charge in [0.2, 0.25) is 11.8 Å². The summed E-state index contributed by atoms with van der Waals surface area (Å²) in [5.41, 5.74) is 2.67. The minimum absolute atomic E-state index is 0.0201. The number of carbonyl (C=O) groups excluding carboxylic acids is 2. The molecule has 1 saturated heterocycles. The Labute approximate surface area is 164 Å². The van der Waals surface area contributed by atoms with Gasteiger partial charge in [0.15, 0.2) is 0 Å². The van der Waals surface area contributed by atoms with Crippen molar-refractivity contribution in [3.8, 4) is 5.75 Å². The Hall–Kier alpha value is -2.47. The Morgan fingerprint density at radius 2 is 1.85 bits per heavy atom. The summed E-state index contributed by atoms with van der Waals surface area (Å²) in [5.74, 6) is 1.36. The first-order valence-corrected chi connectivity index (χ1v) is 10.2. The van der Waals surface area contributed by atoms with Gasteiger partial charge in [-0.15, -0.1) is 11.8 Å². The Kier molecular flexibility index (Phi) is 6.40. The van der Waals surface area contributed by atoms with E-state index < -0.39 is 0 Å². The quantitative estimate of drug-likeness (QED) is 0.758. The number of hydrogen-bond donors (Lipinski definition) is 1. The molecular formula is C21H24N2O3S. The summed E-state index contributed by atoms with van der Waals surface area (Å²) >= 11 is 1.61. The topological polar surface area (TPSA) is 58.6 Å². The van der Waals surface area contributed by atoms with E-state index in [2.05, 4.69) is 5.32 Å². The first-order chi connectivity index (χ1) is 13.1. The summed E-state index contributed by atoms with van der Waals surface area (Å²) < 4.78 is 5.48. The van der Waals surface area contributed by atoms with Crippen LogP contribution in [0.1, 0.15) is 37.6 Å². The van der Waals surface area contributed by atoms with Crippen molar-refractivity contribution in [1.82, 2.24) is 0 Å². The van der Waals surface area contributed by atoms with Crippen LogP contribution < -0.4 is 15.0 Å². The second kappa shape index (κ2) is 8.95. The van der Waals surface area contributed by atoms with E-state index in [9.17, 15) is 9.59 Å². The van der Waals surface area contributed by atoms with Crippen LogP contribution in [-0.4, -0.2) is 24.2 Å². The first-order valence-electron chi connectivity index (χ1n) is 9.18. The van der Waals surface area contributed by atoms with Crippen molar-refractivity contribution in [3.63, 3.8) is 0 Å². The van der Waals surface area contributed by atoms with E-state index in [1.165, 1.54) is 0 Å². The number of ether oxygens (including phenoxy) is 1. The third-order valence-electron chi connectivity index (χ3n) is 4.25. The van der Waals surface area contributed by atoms with Gasteiger partial charge in [-0.05, 0) is 55.3 Å². The lowest BCUT2D eigenvalue weighted by Crippen LogP contribution is -2.27. The number of benzene rings is 2. The Balaban J connectivity index is 1.76. The minimum Gasteiger partial charge on any atom is -0.494 e. The van der Waals surface area contributed by atoms with Gasteiger partial charge >= 0.3 is 0 Å². The normalized spacial score (nSPS) is 16.4. The SMILES string of the molecule is CCCC(=O)Nc1ccc([C@@H]2SCC(=O)N2c2ccc(OCC)cc2)cc1. The number of carbonyl (C=O) groups is 2. The van der Waals surface area contributed by atoms with Crippen molar-refractivity contribution >= 4 is 35.0 Å². The van der Waals surface area contributed by atoms with E-state index in [0.29, 0.717) is 18.8 Å². The number of anilines is 2. The Morgan fingerprint density at radius 3 is 2.48 bits per heavy atom. The molecule has 6 heteroatoms. The van der Waals surface area contributed by atoms with Gasteiger partial charge in [0, 0.05) is 17.8 Å². The third-order valence-corrected chi connectivity index (χ3v) is 5.46. The zero-order chi connectivity index (χ0) is 19.2. The molecule has 1 heterocycles. The van der Waals surface area contributed by atoms with Gasteiger partial charge in [-0.1, -0.05) is 19.1 Å². The Morgan fingerprint density at radius 1 is 1.15 bits per heavy atom. The van der Waals surface area contributed by atoms with E-state index in [1.807, 2.05) is 67.3 Å². The third kappa shape index (κ3) is 4.63. The van der Waals surface area contributed by atoms with Gasteiger partial charge in [-0.25, -0.2) is 0 Å². The molecule has 2 amide bonds. The second-order valence-corrected chi connectivity index (χ2v) is 7.34. The average Bonchev–Trinajstić information content (AvgIpc) is 3.05. The van der Waals surface area contributed by atoms with Crippen molar-refractivity contribution in [1.29, 1.82) is 0 Å². The maximum atomic E-state index is 12.5. The maximum Gasteiger partial charge on any atom is 0.238 e. The predicted octanol–water partition coefficient (Wildman–Crippen LogP) is 4.60. The van der Waals surface area contributed by atoms with Crippen LogP contribution in [0, 0.1) is 0 Å². The fraction of sp³-hybridized carbons (Fsp3) is 0.333. The molecule has 0 saturated carbocycles. The lowest BCUT2D eigenvalue weighted by Gasteiger charge is -2.24. The standard InChI is InChI=1S/C21H24N2O3S/c1-3-5-19(24)22-16-8-6-15(7-9-16)21-23(20(25)14-27-21)17-10-12-18(13-11-17)26-4-2/h6-13,21H,3-5,14H2,1-2H3,(H,22,24)/t21-/m0/s1. The van der Waals surface area contributed by atoms with Crippen LogP contribution in [0.2, 0.25) is 0 Å². The zero-order valence-corrected chi connectivity index (χ0v) is 16.4. The van der Waals surface area contributed by atoms with Crippen LogP contribution in [-0.2, 0) is 9.59 Å². The monoisotopic (exact) mass is 384 g/mol. The van der Waals surface area contributed by atoms with E-state index in [1.54, 1.807) is 11.8 Å². The largest absolute Gasteiger partial charge is 0.494 e. The van der Waals surface area contributed by atoms with Crippen molar-refractivity contribution in [3.05, 3.63) is 54.1 Å². The van der Waals surface area contributed by atoms with E-state index >= 15 is 0 Å². The average molecular weight is 385 g/mol. The highest BCUT2D eigenvalue weighted by molar-refractivity contribution is 8.00. The number of rotatable bonds is 7. The summed E-state index contributed by atoms with van der Waals surface area (Å²) in [7, 11) is 0. The molecular weight excluding hydrogens is 360 g/mol. The van der Waals surface area contributed by atoms with Crippen LogP contribution in [0.3, 0.4) is 0 Å². The van der Waals surface area contributed by atoms with Crippen LogP contribution in [0.25, 0.3) is 0 Å². The summed E-state index contributed by atoms with van der Waals surface area (Å²) in [6.45, 7) is 4.53. The lowest BCUT2D eigenvalue weighted by atomic mass is 10.1. The summed E-state index contributed by atoms with van der Waals surface area (Å²) in [4.78, 5) is 26.0. The molecule has 2 aromatic rings. The molecule has 0 unspecified atom stereocenters. The van der Waals surface area contributed by atoms with Gasteiger partial charge in [0.25, 0.3) is 0 Å². The van der Waals surface area contributed by atoms with E-state index in [-0.39, 0.29) is 17.2 Å². The molecule has 5 nitrogen and oxygen atoms in total. The van der Waals surface area contributed by atoms with Gasteiger partial charge in [0.1, 0.15) is 11.1 Å². The smallest absolute Gasteiger partial charge is 0.238 e. The van der Waals surface area contributed by atoms with Gasteiger partial charge in [-0.3, -0.25) is 14.5 Å². The summed E-state index contributed by atoms with van der Waals surface area (Å²) in [5, 5.41) is 2.82. The number of hydrogen-bond acceptors (Lipinski definition) is 4. The van der Waals surface area contributed by atoms with Crippen molar-refractivity contribution in [2.24, 2.45) is 0 Å². The molecule has 1 aliphatic rings. The molecule has 2 aromatic carbocycles. The van der Waals surface area contributed by atoms with Crippen LogP contribution in [0.5, 0.6) is 5.75 Å². The van der Waals surface area contributed by atoms with E-state index in [4.69, 9.17) is 4.74 Å². The van der Waals surface area contributed by atoms with Gasteiger partial charge in [0.05, 0.1) is 12.4 Å². The molecule has 0 bridgehead atoms. The fourth-order valence-corrected chi connectivity index (χ4v) is 4.18. The predicted molar refractivity (Wildman–Crippen MR) is 110 cm³/mol. The highest BCUT2D eigenvalue weighted by Crippen LogP contribution is 2.42. The number of amides is 2. The van der Waals surface area contributed by atoms with Gasteiger partial charge in [-0.2, -0.15) is 0 Å². The highest BCUT2D eigenvalue weighted by atomic mass is 32.2. The minimum atomic E-state index is -0.0733. The number of nitrogens with one attached hydrogen (secondary N) is 1. The van der Waals surface area contributed by atoms with Gasteiger partial charge < -0.3 is 10.1 Å². The first kappa shape index (κ1) is 19.3. The summed E-state index contributed by atoms with van der Waals surface area (Å²) in [6, 6.07) is 15.3. The molecule has 0 spiro atoms. The van der Waals surface area contributed by atoms with Crippen LogP contribution in [0.15, 0.2) is 48.5 Å². The summed E-state index contributed by atoms with van der Waals surface area (Å²) in [6.07, 6.45) is 1.34. The van der Waals surface area contributed by atoms with Crippen molar-refractivity contribution in [2.75, 3.05) is 22.6 Å². The zero-order valence-electron chi connectivity index (χ0n) is 15.6. The maximum absolute atomic E-state index is 12.5. The number of thioether (sulfide) groups is 1. The molecule has 3 rings (SSSR count). The second-order valence-electron chi connectivity index (χ2n) is 6.27. The molecule has 1 N–H and O–H groups in total. The van der Waals surface area contributed by atoms with Crippen LogP contribution >= 0.6 is 11.8 Å². The number of nitrogens with zero attached hydrogens (tertiary/aromatic N) is 1. The molecule has 0 aliphatic carbocycles. The molecule has 0 radical (unpaired) electrons. The fourth-order valence-electron chi connectivity index (χ4n) is 3.00. The molecule has 0 aromatic heterocycles. The molecule has 1 aliphatic heterocycles. The van der Waals surface area contributed by atoms with E-state index in [0.717, 1.165) is 29.1 Å². The lowest BCUT2D eigenvalue weighted by molar-refractivity contribution is -0.116. The molecule has 27 heavy (non-hydrogen) atoms. The highest BCUT2D eigenvalue weighted by Gasteiger charge is 2.34. The molecule has 1 atom stereocenters. The molecule has 1 fully saturated rings. The van der Waals surface area contributed by atoms with Crippen molar-refractivity contribution < 1.29 is 14.3 Å². The molecule has 142 valence electrons. The van der Waals surface area contributed by atoms with Crippen molar-refractivity contribution in [2.45, 2.75) is 32.1 Å².